The summed E-state index contributed by atoms with van der Waals surface area (Å²) in [7, 11) is 0. The summed E-state index contributed by atoms with van der Waals surface area (Å²) in [5.74, 6) is 0.709. The first-order valence-corrected chi connectivity index (χ1v) is 9.04. The fraction of sp³-hybridized carbons (Fsp3) is 0.294. The Morgan fingerprint density at radius 2 is 1.38 bits per heavy atom. The van der Waals surface area contributed by atoms with Crippen LogP contribution in [0.25, 0.3) is 0 Å². The Labute approximate surface area is 138 Å². The van der Waals surface area contributed by atoms with E-state index in [9.17, 15) is 8.78 Å². The number of benzene rings is 2. The highest BCUT2D eigenvalue weighted by molar-refractivity contribution is 9.08. The smallest absolute Gasteiger partial charge is 0.126 e. The van der Waals surface area contributed by atoms with Gasteiger partial charge in [-0.3, -0.25) is 0 Å². The van der Waals surface area contributed by atoms with Crippen molar-refractivity contribution in [1.29, 1.82) is 0 Å². The van der Waals surface area contributed by atoms with Crippen LogP contribution in [0.1, 0.15) is 22.3 Å². The Morgan fingerprint density at radius 1 is 0.905 bits per heavy atom. The van der Waals surface area contributed by atoms with Gasteiger partial charge in [-0.15, -0.1) is 0 Å². The second kappa shape index (κ2) is 9.21. The van der Waals surface area contributed by atoms with Gasteiger partial charge in [-0.05, 0) is 54.5 Å². The van der Waals surface area contributed by atoms with E-state index in [-0.39, 0.29) is 11.6 Å². The van der Waals surface area contributed by atoms with Crippen LogP contribution in [0.2, 0.25) is 0 Å². The number of hydrogen-bond donors (Lipinski definition) is 0. The molecule has 0 radical (unpaired) electrons. The molecule has 0 aromatic heterocycles. The highest BCUT2D eigenvalue weighted by Gasteiger charge is 1.97. The van der Waals surface area contributed by atoms with Crippen LogP contribution in [-0.2, 0) is 11.1 Å². The first kappa shape index (κ1) is 18.2. The summed E-state index contributed by atoms with van der Waals surface area (Å²) in [6.45, 7) is 3.56. The number of alkyl halides is 1. The van der Waals surface area contributed by atoms with Gasteiger partial charge in [0.1, 0.15) is 11.6 Å². The highest BCUT2D eigenvalue weighted by Crippen LogP contribution is 2.13. The minimum Gasteiger partial charge on any atom is -0.207 e. The fourth-order valence-electron chi connectivity index (χ4n) is 1.75. The normalized spacial score (nSPS) is 10.0. The molecule has 0 bridgehead atoms. The van der Waals surface area contributed by atoms with Crippen LogP contribution >= 0.6 is 27.7 Å². The summed E-state index contributed by atoms with van der Waals surface area (Å²) < 4.78 is 25.4. The highest BCUT2D eigenvalue weighted by atomic mass is 79.9. The zero-order valence-corrected chi connectivity index (χ0v) is 14.8. The Morgan fingerprint density at radius 3 is 1.81 bits per heavy atom. The summed E-state index contributed by atoms with van der Waals surface area (Å²) in [5.41, 5.74) is 3.74. The molecule has 0 heterocycles. The fourth-order valence-corrected chi connectivity index (χ4v) is 2.61. The van der Waals surface area contributed by atoms with E-state index in [1.54, 1.807) is 31.7 Å². The number of aryl methyl sites for hydroxylation is 2. The van der Waals surface area contributed by atoms with Crippen molar-refractivity contribution in [2.75, 3.05) is 6.26 Å². The molecule has 2 aromatic carbocycles. The predicted molar refractivity (Wildman–Crippen MR) is 92.1 cm³/mol. The van der Waals surface area contributed by atoms with Crippen LogP contribution in [-0.4, -0.2) is 6.26 Å². The summed E-state index contributed by atoms with van der Waals surface area (Å²) in [4.78, 5) is 0. The second-order valence-electron chi connectivity index (χ2n) is 4.73. The van der Waals surface area contributed by atoms with E-state index in [0.29, 0.717) is 5.56 Å². The lowest BCUT2D eigenvalue weighted by Crippen LogP contribution is -1.85. The maximum Gasteiger partial charge on any atom is 0.126 e. The first-order chi connectivity index (χ1) is 9.97. The molecule has 2 rings (SSSR count). The van der Waals surface area contributed by atoms with Crippen molar-refractivity contribution >= 4 is 27.7 Å². The summed E-state index contributed by atoms with van der Waals surface area (Å²) in [6.07, 6.45) is 2.04. The SMILES string of the molecule is CSCc1ccc(F)c(C)c1.Cc1cc(CBr)ccc1F. The second-order valence-corrected chi connectivity index (χ2v) is 6.16. The average molecular weight is 373 g/mol. The van der Waals surface area contributed by atoms with Crippen LogP contribution in [0.4, 0.5) is 8.78 Å². The molecule has 0 nitrogen and oxygen atoms in total. The van der Waals surface area contributed by atoms with Crippen LogP contribution in [0.3, 0.4) is 0 Å². The van der Waals surface area contributed by atoms with E-state index in [2.05, 4.69) is 15.9 Å². The zero-order chi connectivity index (χ0) is 15.8. The maximum atomic E-state index is 12.7. The summed E-state index contributed by atoms with van der Waals surface area (Å²) in [5, 5.41) is 0.786. The maximum absolute atomic E-state index is 12.7. The molecule has 0 atom stereocenters. The Balaban J connectivity index is 0.000000211. The predicted octanol–water partition coefficient (Wildman–Crippen LogP) is 6.03. The molecular weight excluding hydrogens is 354 g/mol. The van der Waals surface area contributed by atoms with Gasteiger partial charge in [0.25, 0.3) is 0 Å². The molecule has 0 spiro atoms. The van der Waals surface area contributed by atoms with Crippen molar-refractivity contribution in [1.82, 2.24) is 0 Å². The average Bonchev–Trinajstić information content (AvgIpc) is 2.47. The van der Waals surface area contributed by atoms with Gasteiger partial charge in [-0.25, -0.2) is 8.78 Å². The molecule has 4 heteroatoms. The topological polar surface area (TPSA) is 0 Å². The lowest BCUT2D eigenvalue weighted by Gasteiger charge is -2.00. The van der Waals surface area contributed by atoms with Crippen molar-refractivity contribution < 1.29 is 8.78 Å². The van der Waals surface area contributed by atoms with Gasteiger partial charge in [0.15, 0.2) is 0 Å². The van der Waals surface area contributed by atoms with Crippen molar-refractivity contribution in [2.24, 2.45) is 0 Å². The van der Waals surface area contributed by atoms with E-state index < -0.39 is 0 Å². The molecular formula is C17H19BrF2S. The minimum absolute atomic E-state index is 0.116. The van der Waals surface area contributed by atoms with Gasteiger partial charge in [0.2, 0.25) is 0 Å². The van der Waals surface area contributed by atoms with Crippen molar-refractivity contribution in [2.45, 2.75) is 24.9 Å². The molecule has 0 aliphatic carbocycles. The molecule has 0 fully saturated rings. The number of rotatable bonds is 3. The van der Waals surface area contributed by atoms with Gasteiger partial charge in [0, 0.05) is 11.1 Å². The molecule has 0 N–H and O–H groups in total. The van der Waals surface area contributed by atoms with E-state index >= 15 is 0 Å². The van der Waals surface area contributed by atoms with Crippen LogP contribution in [0.15, 0.2) is 36.4 Å². The van der Waals surface area contributed by atoms with Gasteiger partial charge in [-0.2, -0.15) is 11.8 Å². The van der Waals surface area contributed by atoms with Crippen LogP contribution in [0.5, 0.6) is 0 Å². The van der Waals surface area contributed by atoms with Crippen LogP contribution < -0.4 is 0 Å². The zero-order valence-electron chi connectivity index (χ0n) is 12.4. The Kier molecular flexibility index (Phi) is 7.97. The molecule has 114 valence electrons. The van der Waals surface area contributed by atoms with Crippen molar-refractivity contribution in [3.63, 3.8) is 0 Å². The lowest BCUT2D eigenvalue weighted by atomic mass is 10.1. The van der Waals surface area contributed by atoms with E-state index in [0.717, 1.165) is 22.2 Å². The lowest BCUT2D eigenvalue weighted by molar-refractivity contribution is 0.617. The van der Waals surface area contributed by atoms with Crippen LogP contribution in [0, 0.1) is 25.5 Å². The van der Waals surface area contributed by atoms with E-state index in [4.69, 9.17) is 0 Å². The molecule has 0 aliphatic rings. The monoisotopic (exact) mass is 372 g/mol. The molecule has 2 aromatic rings. The Hall–Kier alpha value is -0.870. The van der Waals surface area contributed by atoms with E-state index in [1.807, 2.05) is 24.5 Å². The largest absolute Gasteiger partial charge is 0.207 e. The van der Waals surface area contributed by atoms with Gasteiger partial charge < -0.3 is 0 Å². The summed E-state index contributed by atoms with van der Waals surface area (Å²) in [6, 6.07) is 10.4. The Bertz CT molecular complexity index is 585. The molecule has 0 saturated heterocycles. The quantitative estimate of drug-likeness (QED) is 0.593. The third kappa shape index (κ3) is 6.18. The molecule has 0 saturated carbocycles. The molecule has 0 amide bonds. The minimum atomic E-state index is -0.135. The van der Waals surface area contributed by atoms with Gasteiger partial charge in [0.05, 0.1) is 0 Å². The third-order valence-electron chi connectivity index (χ3n) is 2.91. The number of halogens is 3. The summed E-state index contributed by atoms with van der Waals surface area (Å²) >= 11 is 5.04. The van der Waals surface area contributed by atoms with E-state index in [1.165, 1.54) is 17.7 Å². The number of thioether (sulfide) groups is 1. The molecule has 21 heavy (non-hydrogen) atoms. The van der Waals surface area contributed by atoms with Crippen molar-refractivity contribution in [3.05, 3.63) is 70.3 Å². The number of hydrogen-bond acceptors (Lipinski definition) is 1. The standard InChI is InChI=1S/C9H11FS.C8H8BrF/c1-7-5-8(6-11-2)3-4-9(7)10;1-6-4-7(5-9)2-3-8(6)10/h3-5H,6H2,1-2H3;2-4H,5H2,1H3. The van der Waals surface area contributed by atoms with Crippen molar-refractivity contribution in [3.8, 4) is 0 Å². The molecule has 0 aliphatic heterocycles. The molecule has 0 unspecified atom stereocenters. The van der Waals surface area contributed by atoms with Gasteiger partial charge in [-0.1, -0.05) is 40.2 Å². The third-order valence-corrected chi connectivity index (χ3v) is 4.18. The first-order valence-electron chi connectivity index (χ1n) is 6.53. The van der Waals surface area contributed by atoms with Gasteiger partial charge >= 0.3 is 0 Å².